The molecule has 2 nitrogen and oxygen atoms in total. The van der Waals surface area contributed by atoms with Gasteiger partial charge in [-0.15, -0.1) is 0 Å². The Morgan fingerprint density at radius 2 is 0.571 bits per heavy atom. The molecule has 0 radical (unpaired) electrons. The predicted octanol–water partition coefficient (Wildman–Crippen LogP) is 8.73. The van der Waals surface area contributed by atoms with Crippen LogP contribution in [0.5, 0.6) is 0 Å². The summed E-state index contributed by atoms with van der Waals surface area (Å²) in [7, 11) is 4.89. The molecule has 0 aliphatic rings. The predicted molar refractivity (Wildman–Crippen MR) is 127 cm³/mol. The summed E-state index contributed by atoms with van der Waals surface area (Å²) in [5.41, 5.74) is 0. The Labute approximate surface area is 179 Å². The van der Waals surface area contributed by atoms with Gasteiger partial charge >= 0.3 is 0 Å². The summed E-state index contributed by atoms with van der Waals surface area (Å²) in [4.78, 5) is 0. The zero-order valence-corrected chi connectivity index (χ0v) is 20.5. The molecule has 2 heteroatoms. The average Bonchev–Trinajstić information content (AvgIpc) is 2.64. The zero-order chi connectivity index (χ0) is 20.1. The molecule has 0 unspecified atom stereocenters. The summed E-state index contributed by atoms with van der Waals surface area (Å²) < 4.78 is 1.24. The van der Waals surface area contributed by atoms with Gasteiger partial charge in [-0.05, 0) is 25.7 Å². The van der Waals surface area contributed by atoms with E-state index < -0.39 is 0 Å². The highest BCUT2D eigenvalue weighted by atomic mass is 16.0. The van der Waals surface area contributed by atoms with Crippen molar-refractivity contribution in [1.82, 2.24) is 0 Å². The van der Waals surface area contributed by atoms with Gasteiger partial charge in [0.15, 0.2) is 0 Å². The van der Waals surface area contributed by atoms with Crippen molar-refractivity contribution in [3.8, 4) is 0 Å². The molecular formula is C26H57NO. The molecule has 0 aliphatic heterocycles. The number of nitrogens with zero attached hydrogens (tertiary/aromatic N) is 1. The molecular weight excluding hydrogens is 342 g/mol. The molecule has 0 fully saturated rings. The number of unbranched alkanes of at least 4 members (excludes halogenated alkanes) is 18. The summed E-state index contributed by atoms with van der Waals surface area (Å²) >= 11 is 0. The summed E-state index contributed by atoms with van der Waals surface area (Å²) in [6.45, 7) is 7.37. The summed E-state index contributed by atoms with van der Waals surface area (Å²) in [6, 6.07) is 0. The first kappa shape index (κ1) is 30.1. The molecule has 0 saturated carbocycles. The number of quaternary nitrogens is 1. The van der Waals surface area contributed by atoms with Crippen molar-refractivity contribution in [2.24, 2.45) is 0 Å². The Bertz CT molecular complexity index is 252. The van der Waals surface area contributed by atoms with E-state index in [9.17, 15) is 0 Å². The van der Waals surface area contributed by atoms with Crippen LogP contribution >= 0.6 is 0 Å². The zero-order valence-electron chi connectivity index (χ0n) is 20.5. The molecule has 0 bridgehead atoms. The SMILES string of the molecule is CCCCCCCCCCCC[N+](C)(C)CCCCCCCCCCCC.[OH-]. The van der Waals surface area contributed by atoms with Crippen LogP contribution in [0.2, 0.25) is 0 Å². The van der Waals surface area contributed by atoms with Gasteiger partial charge in [-0.25, -0.2) is 0 Å². The molecule has 0 aliphatic carbocycles. The maximum absolute atomic E-state index is 2.45. The van der Waals surface area contributed by atoms with Crippen molar-refractivity contribution >= 4 is 0 Å². The van der Waals surface area contributed by atoms with Gasteiger partial charge in [-0.2, -0.15) is 0 Å². The normalized spacial score (nSPS) is 11.6. The van der Waals surface area contributed by atoms with Crippen molar-refractivity contribution in [1.29, 1.82) is 0 Å². The molecule has 0 rings (SSSR count). The lowest BCUT2D eigenvalue weighted by molar-refractivity contribution is -0.890. The van der Waals surface area contributed by atoms with E-state index in [1.807, 2.05) is 0 Å². The molecule has 0 heterocycles. The van der Waals surface area contributed by atoms with Gasteiger partial charge in [0, 0.05) is 0 Å². The van der Waals surface area contributed by atoms with Crippen LogP contribution in [-0.2, 0) is 0 Å². The minimum absolute atomic E-state index is 0. The Hall–Kier alpha value is -0.0800. The summed E-state index contributed by atoms with van der Waals surface area (Å²) in [5, 5.41) is 0. The number of rotatable bonds is 22. The quantitative estimate of drug-likeness (QED) is 0.132. The van der Waals surface area contributed by atoms with Crippen LogP contribution in [0.25, 0.3) is 0 Å². The topological polar surface area (TPSA) is 30.0 Å². The Morgan fingerprint density at radius 1 is 0.357 bits per heavy atom. The fourth-order valence-electron chi connectivity index (χ4n) is 4.17. The maximum atomic E-state index is 2.45. The van der Waals surface area contributed by atoms with E-state index in [0.29, 0.717) is 0 Å². The first-order valence-electron chi connectivity index (χ1n) is 12.9. The fourth-order valence-corrected chi connectivity index (χ4v) is 4.17. The second-order valence-corrected chi connectivity index (χ2v) is 9.75. The Kier molecular flexibility index (Phi) is 25.0. The fraction of sp³-hybridized carbons (Fsp3) is 1.00. The number of hydrogen-bond acceptors (Lipinski definition) is 1. The lowest BCUT2D eigenvalue weighted by Gasteiger charge is -2.30. The van der Waals surface area contributed by atoms with Gasteiger partial charge in [0.25, 0.3) is 0 Å². The van der Waals surface area contributed by atoms with Gasteiger partial charge in [0.1, 0.15) is 0 Å². The van der Waals surface area contributed by atoms with Crippen molar-refractivity contribution in [2.75, 3.05) is 27.2 Å². The third-order valence-electron chi connectivity index (χ3n) is 6.23. The van der Waals surface area contributed by atoms with Gasteiger partial charge in [0.2, 0.25) is 0 Å². The van der Waals surface area contributed by atoms with Gasteiger partial charge in [-0.3, -0.25) is 0 Å². The minimum atomic E-state index is 0. The molecule has 28 heavy (non-hydrogen) atoms. The first-order chi connectivity index (χ1) is 13.1. The summed E-state index contributed by atoms with van der Waals surface area (Å²) in [6.07, 6.45) is 29.0. The highest BCUT2D eigenvalue weighted by Crippen LogP contribution is 2.14. The van der Waals surface area contributed by atoms with E-state index in [1.54, 1.807) is 0 Å². The maximum Gasteiger partial charge on any atom is 0.0782 e. The van der Waals surface area contributed by atoms with Crippen LogP contribution in [0.15, 0.2) is 0 Å². The van der Waals surface area contributed by atoms with Crippen LogP contribution < -0.4 is 0 Å². The van der Waals surface area contributed by atoms with Crippen molar-refractivity contribution in [3.63, 3.8) is 0 Å². The van der Waals surface area contributed by atoms with E-state index in [-0.39, 0.29) is 5.48 Å². The number of hydrogen-bond donors (Lipinski definition) is 0. The van der Waals surface area contributed by atoms with Gasteiger partial charge < -0.3 is 9.96 Å². The molecule has 0 amide bonds. The van der Waals surface area contributed by atoms with E-state index in [2.05, 4.69) is 27.9 Å². The monoisotopic (exact) mass is 399 g/mol. The lowest BCUT2D eigenvalue weighted by Crippen LogP contribution is -2.41. The third-order valence-corrected chi connectivity index (χ3v) is 6.23. The van der Waals surface area contributed by atoms with E-state index >= 15 is 0 Å². The second-order valence-electron chi connectivity index (χ2n) is 9.75. The van der Waals surface area contributed by atoms with Crippen molar-refractivity contribution < 1.29 is 9.96 Å². The van der Waals surface area contributed by atoms with Gasteiger partial charge in [-0.1, -0.05) is 117 Å². The molecule has 1 N–H and O–H groups in total. The summed E-state index contributed by atoms with van der Waals surface area (Å²) in [5.74, 6) is 0. The largest absolute Gasteiger partial charge is 0.870 e. The highest BCUT2D eigenvalue weighted by molar-refractivity contribution is 4.50. The Balaban J connectivity index is 0. The minimum Gasteiger partial charge on any atom is -0.870 e. The van der Waals surface area contributed by atoms with Crippen molar-refractivity contribution in [3.05, 3.63) is 0 Å². The van der Waals surface area contributed by atoms with E-state index in [1.165, 1.54) is 146 Å². The molecule has 172 valence electrons. The van der Waals surface area contributed by atoms with E-state index in [4.69, 9.17) is 0 Å². The van der Waals surface area contributed by atoms with Gasteiger partial charge in [0.05, 0.1) is 27.2 Å². The molecule has 0 atom stereocenters. The standard InChI is InChI=1S/C26H56N.H2O/c1-5-7-9-11-13-15-17-19-21-23-25-27(3,4)26-24-22-20-18-16-14-12-10-8-6-2;/h5-26H2,1-4H3;1H2/q+1;/p-1. The highest BCUT2D eigenvalue weighted by Gasteiger charge is 2.13. The first-order valence-corrected chi connectivity index (χ1v) is 12.9. The average molecular weight is 400 g/mol. The second kappa shape index (κ2) is 23.2. The molecule has 0 saturated heterocycles. The smallest absolute Gasteiger partial charge is 0.0782 e. The van der Waals surface area contributed by atoms with Crippen LogP contribution in [-0.4, -0.2) is 37.1 Å². The molecule has 0 aromatic heterocycles. The lowest BCUT2D eigenvalue weighted by atomic mass is 10.1. The van der Waals surface area contributed by atoms with Crippen LogP contribution in [0.1, 0.15) is 142 Å². The molecule has 0 spiro atoms. The van der Waals surface area contributed by atoms with Crippen LogP contribution in [0, 0.1) is 0 Å². The van der Waals surface area contributed by atoms with Crippen LogP contribution in [0.4, 0.5) is 0 Å². The molecule has 0 aromatic rings. The Morgan fingerprint density at radius 3 is 0.821 bits per heavy atom. The third kappa shape index (κ3) is 24.0. The van der Waals surface area contributed by atoms with Crippen molar-refractivity contribution in [2.45, 2.75) is 142 Å². The van der Waals surface area contributed by atoms with E-state index in [0.717, 1.165) is 0 Å². The van der Waals surface area contributed by atoms with Crippen LogP contribution in [0.3, 0.4) is 0 Å². The molecule has 0 aromatic carbocycles.